The number of hydrogen-bond donors (Lipinski definition) is 0. The zero-order valence-corrected chi connectivity index (χ0v) is 13.2. The molecule has 0 spiro atoms. The lowest BCUT2D eigenvalue weighted by molar-refractivity contribution is -0.208. The molecule has 1 rings (SSSR count). The average Bonchev–Trinajstić information content (AvgIpc) is 1.98. The lowest BCUT2D eigenvalue weighted by Gasteiger charge is -2.69. The first kappa shape index (κ1) is 14.1. The summed E-state index contributed by atoms with van der Waals surface area (Å²) in [6.45, 7) is 24.6. The Bertz CT molecular complexity index is 259. The SMILES string of the molecule is CC1(C)CC(C)(C)C(C)(C)C(C)(C)C1(C)C. The van der Waals surface area contributed by atoms with E-state index in [1.807, 2.05) is 0 Å². The fourth-order valence-corrected chi connectivity index (χ4v) is 4.02. The summed E-state index contributed by atoms with van der Waals surface area (Å²) in [6.07, 6.45) is 1.31. The molecule has 96 valence electrons. The van der Waals surface area contributed by atoms with Crippen LogP contribution in [-0.2, 0) is 0 Å². The smallest absolute Gasteiger partial charge is 0.0241 e. The van der Waals surface area contributed by atoms with E-state index >= 15 is 0 Å². The van der Waals surface area contributed by atoms with Gasteiger partial charge in [0.15, 0.2) is 0 Å². The number of hydrogen-bond acceptors (Lipinski definition) is 0. The largest absolute Gasteiger partial charge is 0.0594 e. The van der Waals surface area contributed by atoms with Crippen LogP contribution in [0.25, 0.3) is 0 Å². The predicted molar refractivity (Wildman–Crippen MR) is 73.5 cm³/mol. The second kappa shape index (κ2) is 3.06. The maximum absolute atomic E-state index is 2.47. The van der Waals surface area contributed by atoms with Crippen molar-refractivity contribution in [1.82, 2.24) is 0 Å². The van der Waals surface area contributed by atoms with Crippen LogP contribution in [0, 0.1) is 27.1 Å². The molecule has 0 aromatic carbocycles. The van der Waals surface area contributed by atoms with Crippen LogP contribution in [0.2, 0.25) is 0 Å². The highest BCUT2D eigenvalue weighted by atomic mass is 14.7. The minimum atomic E-state index is 0.339. The van der Waals surface area contributed by atoms with Crippen LogP contribution in [0.1, 0.15) is 75.7 Å². The van der Waals surface area contributed by atoms with Crippen LogP contribution >= 0.6 is 0 Å². The molecule has 0 aliphatic heterocycles. The monoisotopic (exact) mass is 224 g/mol. The van der Waals surface area contributed by atoms with Gasteiger partial charge in [0.1, 0.15) is 0 Å². The van der Waals surface area contributed by atoms with E-state index in [1.165, 1.54) is 6.42 Å². The quantitative estimate of drug-likeness (QED) is 0.508. The Morgan fingerprint density at radius 2 is 0.688 bits per heavy atom. The summed E-state index contributed by atoms with van der Waals surface area (Å²) in [5, 5.41) is 0. The first-order chi connectivity index (χ1) is 6.71. The van der Waals surface area contributed by atoms with Crippen molar-refractivity contribution in [2.24, 2.45) is 27.1 Å². The van der Waals surface area contributed by atoms with Crippen LogP contribution in [-0.4, -0.2) is 0 Å². The summed E-state index contributed by atoms with van der Waals surface area (Å²) < 4.78 is 0. The average molecular weight is 224 g/mol. The summed E-state index contributed by atoms with van der Waals surface area (Å²) in [5.41, 5.74) is 1.86. The molecule has 0 N–H and O–H groups in total. The van der Waals surface area contributed by atoms with E-state index in [0.29, 0.717) is 27.1 Å². The van der Waals surface area contributed by atoms with Gasteiger partial charge in [-0.15, -0.1) is 0 Å². The van der Waals surface area contributed by atoms with E-state index in [9.17, 15) is 0 Å². The Morgan fingerprint density at radius 1 is 0.438 bits per heavy atom. The minimum Gasteiger partial charge on any atom is -0.0594 e. The second-order valence-corrected chi connectivity index (χ2v) is 8.82. The van der Waals surface area contributed by atoms with Gasteiger partial charge in [0.2, 0.25) is 0 Å². The van der Waals surface area contributed by atoms with E-state index in [4.69, 9.17) is 0 Å². The highest BCUT2D eigenvalue weighted by Gasteiger charge is 2.64. The lowest BCUT2D eigenvalue weighted by Crippen LogP contribution is -2.62. The molecule has 0 bridgehead atoms. The zero-order valence-electron chi connectivity index (χ0n) is 13.2. The van der Waals surface area contributed by atoms with E-state index < -0.39 is 0 Å². The number of rotatable bonds is 0. The second-order valence-electron chi connectivity index (χ2n) is 8.82. The normalized spacial score (nSPS) is 33.4. The summed E-state index contributed by atoms with van der Waals surface area (Å²) in [5.74, 6) is 0. The van der Waals surface area contributed by atoms with Crippen LogP contribution in [0.4, 0.5) is 0 Å². The van der Waals surface area contributed by atoms with Crippen LogP contribution in [0.5, 0.6) is 0 Å². The fraction of sp³-hybridized carbons (Fsp3) is 1.00. The maximum Gasteiger partial charge on any atom is -0.0241 e. The van der Waals surface area contributed by atoms with Gasteiger partial charge >= 0.3 is 0 Å². The van der Waals surface area contributed by atoms with Gasteiger partial charge in [-0.25, -0.2) is 0 Å². The van der Waals surface area contributed by atoms with Crippen molar-refractivity contribution in [3.05, 3.63) is 0 Å². The molecule has 0 amide bonds. The first-order valence-electron chi connectivity index (χ1n) is 6.71. The molecule has 1 fully saturated rings. The molecule has 0 aromatic rings. The molecule has 0 aromatic heterocycles. The topological polar surface area (TPSA) is 0 Å². The third kappa shape index (κ3) is 1.34. The van der Waals surface area contributed by atoms with Crippen molar-refractivity contribution in [3.8, 4) is 0 Å². The molecular formula is C16H32. The Balaban J connectivity index is 3.43. The van der Waals surface area contributed by atoms with Crippen molar-refractivity contribution in [2.75, 3.05) is 0 Å². The zero-order chi connectivity index (χ0) is 13.2. The molecule has 0 nitrogen and oxygen atoms in total. The van der Waals surface area contributed by atoms with Gasteiger partial charge in [0.05, 0.1) is 0 Å². The highest BCUT2D eigenvalue weighted by Crippen LogP contribution is 2.71. The summed E-state index contributed by atoms with van der Waals surface area (Å²) in [4.78, 5) is 0. The predicted octanol–water partition coefficient (Wildman–Crippen LogP) is 5.52. The van der Waals surface area contributed by atoms with Gasteiger partial charge in [-0.2, -0.15) is 0 Å². The van der Waals surface area contributed by atoms with Crippen molar-refractivity contribution >= 4 is 0 Å². The molecular weight excluding hydrogens is 192 g/mol. The van der Waals surface area contributed by atoms with Crippen molar-refractivity contribution in [1.29, 1.82) is 0 Å². The first-order valence-corrected chi connectivity index (χ1v) is 6.71. The maximum atomic E-state index is 2.47. The summed E-state index contributed by atoms with van der Waals surface area (Å²) >= 11 is 0. The van der Waals surface area contributed by atoms with Gasteiger partial charge in [-0.3, -0.25) is 0 Å². The Hall–Kier alpha value is 0. The standard InChI is InChI=1S/C16H32/c1-12(2)11-13(3,4)15(7,8)16(9,10)14(12,5)6/h11H2,1-10H3. The molecule has 1 saturated carbocycles. The van der Waals surface area contributed by atoms with Crippen LogP contribution < -0.4 is 0 Å². The molecule has 1 aliphatic carbocycles. The highest BCUT2D eigenvalue weighted by molar-refractivity contribution is 5.12. The van der Waals surface area contributed by atoms with Gasteiger partial charge in [0, 0.05) is 0 Å². The molecule has 0 heteroatoms. The van der Waals surface area contributed by atoms with Crippen molar-refractivity contribution < 1.29 is 0 Å². The minimum absolute atomic E-state index is 0.339. The Labute approximate surface area is 103 Å². The fourth-order valence-electron chi connectivity index (χ4n) is 4.02. The van der Waals surface area contributed by atoms with E-state index in [0.717, 1.165) is 0 Å². The van der Waals surface area contributed by atoms with Gasteiger partial charge in [0.25, 0.3) is 0 Å². The molecule has 0 unspecified atom stereocenters. The summed E-state index contributed by atoms with van der Waals surface area (Å²) in [6, 6.07) is 0. The Morgan fingerprint density at radius 3 is 0.938 bits per heavy atom. The van der Waals surface area contributed by atoms with Crippen LogP contribution in [0.3, 0.4) is 0 Å². The molecule has 0 saturated heterocycles. The molecule has 1 aliphatic rings. The Kier molecular flexibility index (Phi) is 2.69. The van der Waals surface area contributed by atoms with Gasteiger partial charge < -0.3 is 0 Å². The molecule has 0 radical (unpaired) electrons. The van der Waals surface area contributed by atoms with Gasteiger partial charge in [-0.1, -0.05) is 69.2 Å². The molecule has 0 atom stereocenters. The van der Waals surface area contributed by atoms with E-state index in [2.05, 4.69) is 69.2 Å². The third-order valence-corrected chi connectivity index (χ3v) is 7.39. The molecule has 16 heavy (non-hydrogen) atoms. The van der Waals surface area contributed by atoms with E-state index in [-0.39, 0.29) is 0 Å². The molecule has 0 heterocycles. The van der Waals surface area contributed by atoms with Crippen LogP contribution in [0.15, 0.2) is 0 Å². The summed E-state index contributed by atoms with van der Waals surface area (Å²) in [7, 11) is 0. The lowest BCUT2D eigenvalue weighted by atomic mass is 9.35. The van der Waals surface area contributed by atoms with E-state index in [1.54, 1.807) is 0 Å². The third-order valence-electron chi connectivity index (χ3n) is 7.39. The van der Waals surface area contributed by atoms with Gasteiger partial charge in [-0.05, 0) is 33.5 Å². The van der Waals surface area contributed by atoms with Crippen molar-refractivity contribution in [2.45, 2.75) is 75.7 Å². The van der Waals surface area contributed by atoms with Crippen molar-refractivity contribution in [3.63, 3.8) is 0 Å².